The molecule has 0 saturated carbocycles. The van der Waals surface area contributed by atoms with E-state index in [0.717, 1.165) is 22.7 Å². The van der Waals surface area contributed by atoms with Crippen molar-refractivity contribution >= 4 is 60.4 Å². The Morgan fingerprint density at radius 3 is 1.60 bits per heavy atom. The van der Waals surface area contributed by atoms with Gasteiger partial charge in [0.15, 0.2) is 0 Å². The SMILES string of the molecule is c1ccc(N(c2ccc(-c3ccc4ccccc4c3)cc2)c2ccc3c4c(-c5ccc6ccccc6c5)cccc4n(-c4ccccc4)c3c2)cc1. The van der Waals surface area contributed by atoms with E-state index in [9.17, 15) is 0 Å². The smallest absolute Gasteiger partial charge is 0.0562 e. The number of para-hydroxylation sites is 2. The first-order valence-electron chi connectivity index (χ1n) is 17.8. The van der Waals surface area contributed by atoms with E-state index in [1.54, 1.807) is 0 Å². The molecule has 0 aliphatic rings. The van der Waals surface area contributed by atoms with Gasteiger partial charge in [0.05, 0.1) is 11.0 Å². The third-order valence-electron chi connectivity index (χ3n) is 10.3. The summed E-state index contributed by atoms with van der Waals surface area (Å²) in [5.74, 6) is 0. The second-order valence-corrected chi connectivity index (χ2v) is 13.4. The van der Waals surface area contributed by atoms with Gasteiger partial charge in [-0.1, -0.05) is 140 Å². The molecule has 10 rings (SSSR count). The number of nitrogens with zero attached hydrogens (tertiary/aromatic N) is 2. The molecule has 1 heterocycles. The topological polar surface area (TPSA) is 8.17 Å². The van der Waals surface area contributed by atoms with E-state index in [0.29, 0.717) is 0 Å². The maximum absolute atomic E-state index is 2.42. The van der Waals surface area contributed by atoms with Crippen LogP contribution in [0.15, 0.2) is 206 Å². The van der Waals surface area contributed by atoms with Gasteiger partial charge in [0.1, 0.15) is 0 Å². The van der Waals surface area contributed by atoms with E-state index >= 15 is 0 Å². The van der Waals surface area contributed by atoms with E-state index in [1.165, 1.54) is 65.6 Å². The fourth-order valence-electron chi connectivity index (χ4n) is 7.84. The van der Waals surface area contributed by atoms with Gasteiger partial charge in [-0.2, -0.15) is 0 Å². The van der Waals surface area contributed by atoms with Crippen LogP contribution in [0.1, 0.15) is 0 Å². The van der Waals surface area contributed by atoms with Crippen LogP contribution in [0.2, 0.25) is 0 Å². The fourth-order valence-corrected chi connectivity index (χ4v) is 7.84. The van der Waals surface area contributed by atoms with Crippen molar-refractivity contribution in [3.05, 3.63) is 206 Å². The normalized spacial score (nSPS) is 11.5. The van der Waals surface area contributed by atoms with Crippen LogP contribution in [0.4, 0.5) is 17.1 Å². The zero-order valence-corrected chi connectivity index (χ0v) is 28.5. The molecule has 0 unspecified atom stereocenters. The van der Waals surface area contributed by atoms with Crippen molar-refractivity contribution in [2.75, 3.05) is 4.90 Å². The molecule has 1 aromatic heterocycles. The maximum atomic E-state index is 2.42. The summed E-state index contributed by atoms with van der Waals surface area (Å²) in [5, 5.41) is 7.49. The Labute approximate surface area is 303 Å². The molecule has 0 spiro atoms. The minimum atomic E-state index is 1.10. The van der Waals surface area contributed by atoms with Gasteiger partial charge in [-0.15, -0.1) is 0 Å². The third kappa shape index (κ3) is 5.12. The first kappa shape index (κ1) is 30.0. The Morgan fingerprint density at radius 1 is 0.327 bits per heavy atom. The van der Waals surface area contributed by atoms with Crippen LogP contribution in [0.5, 0.6) is 0 Å². The van der Waals surface area contributed by atoms with E-state index in [1.807, 2.05) is 0 Å². The van der Waals surface area contributed by atoms with Gasteiger partial charge in [-0.05, 0) is 111 Å². The summed E-state index contributed by atoms with van der Waals surface area (Å²) >= 11 is 0. The van der Waals surface area contributed by atoms with Crippen LogP contribution in [-0.2, 0) is 0 Å². The summed E-state index contributed by atoms with van der Waals surface area (Å²) in [6.45, 7) is 0. The Balaban J connectivity index is 1.16. The second kappa shape index (κ2) is 12.5. The highest BCUT2D eigenvalue weighted by Gasteiger charge is 2.20. The molecule has 0 aliphatic heterocycles. The van der Waals surface area contributed by atoms with E-state index in [-0.39, 0.29) is 0 Å². The Morgan fingerprint density at radius 2 is 0.885 bits per heavy atom. The molecule has 10 aromatic rings. The van der Waals surface area contributed by atoms with Crippen LogP contribution in [0.25, 0.3) is 71.3 Å². The predicted molar refractivity (Wildman–Crippen MR) is 221 cm³/mol. The Kier molecular flexibility index (Phi) is 7.18. The van der Waals surface area contributed by atoms with Crippen LogP contribution < -0.4 is 4.90 Å². The lowest BCUT2D eigenvalue weighted by molar-refractivity contribution is 1.18. The summed E-state index contributed by atoms with van der Waals surface area (Å²) in [6, 6.07) is 74.7. The second-order valence-electron chi connectivity index (χ2n) is 13.4. The molecule has 52 heavy (non-hydrogen) atoms. The molecule has 244 valence electrons. The highest BCUT2D eigenvalue weighted by molar-refractivity contribution is 6.17. The molecule has 0 N–H and O–H groups in total. The highest BCUT2D eigenvalue weighted by atomic mass is 15.1. The van der Waals surface area contributed by atoms with Crippen molar-refractivity contribution < 1.29 is 0 Å². The van der Waals surface area contributed by atoms with Gasteiger partial charge in [0, 0.05) is 33.5 Å². The fraction of sp³-hybridized carbons (Fsp3) is 0. The van der Waals surface area contributed by atoms with Crippen LogP contribution in [0.3, 0.4) is 0 Å². The van der Waals surface area contributed by atoms with Crippen molar-refractivity contribution in [1.29, 1.82) is 0 Å². The maximum Gasteiger partial charge on any atom is 0.0562 e. The quantitative estimate of drug-likeness (QED) is 0.172. The number of anilines is 3. The zero-order chi connectivity index (χ0) is 34.4. The predicted octanol–water partition coefficient (Wildman–Crippen LogP) is 13.9. The molecular weight excluding hydrogens is 629 g/mol. The molecule has 0 amide bonds. The molecule has 0 fully saturated rings. The van der Waals surface area contributed by atoms with Crippen molar-refractivity contribution in [3.63, 3.8) is 0 Å². The monoisotopic (exact) mass is 662 g/mol. The van der Waals surface area contributed by atoms with Crippen LogP contribution in [0, 0.1) is 0 Å². The number of fused-ring (bicyclic) bond motifs is 5. The summed E-state index contributed by atoms with van der Waals surface area (Å²) in [5.41, 5.74) is 11.7. The average molecular weight is 663 g/mol. The standard InChI is InChI=1S/C50H34N2/c1-3-16-42(17-4-1)51(44-28-26-37(27-29-44)40-24-22-35-12-7-9-14-38(35)32-40)45-30-31-47-49(34-45)52(43-18-5-2-6-19-43)48-21-11-20-46(50(47)48)41-25-23-36-13-8-10-15-39(36)33-41/h1-34H. The van der Waals surface area contributed by atoms with E-state index in [2.05, 4.69) is 216 Å². The van der Waals surface area contributed by atoms with E-state index < -0.39 is 0 Å². The van der Waals surface area contributed by atoms with E-state index in [4.69, 9.17) is 0 Å². The lowest BCUT2D eigenvalue weighted by Crippen LogP contribution is -2.10. The van der Waals surface area contributed by atoms with Gasteiger partial charge in [-0.25, -0.2) is 0 Å². The van der Waals surface area contributed by atoms with Crippen molar-refractivity contribution in [2.45, 2.75) is 0 Å². The molecule has 0 atom stereocenters. The minimum Gasteiger partial charge on any atom is -0.310 e. The molecule has 0 saturated heterocycles. The third-order valence-corrected chi connectivity index (χ3v) is 10.3. The lowest BCUT2D eigenvalue weighted by Gasteiger charge is -2.26. The van der Waals surface area contributed by atoms with Crippen LogP contribution >= 0.6 is 0 Å². The van der Waals surface area contributed by atoms with Gasteiger partial charge >= 0.3 is 0 Å². The molecule has 0 aliphatic carbocycles. The molecular formula is C50H34N2. The molecule has 0 radical (unpaired) electrons. The summed E-state index contributed by atoms with van der Waals surface area (Å²) in [4.78, 5) is 2.36. The highest BCUT2D eigenvalue weighted by Crippen LogP contribution is 2.43. The lowest BCUT2D eigenvalue weighted by atomic mass is 9.97. The average Bonchev–Trinajstić information content (AvgIpc) is 3.55. The van der Waals surface area contributed by atoms with Gasteiger partial charge in [0.2, 0.25) is 0 Å². The summed E-state index contributed by atoms with van der Waals surface area (Å²) in [7, 11) is 0. The zero-order valence-electron chi connectivity index (χ0n) is 28.5. The molecule has 0 bridgehead atoms. The summed E-state index contributed by atoms with van der Waals surface area (Å²) in [6.07, 6.45) is 0. The number of hydrogen-bond donors (Lipinski definition) is 0. The van der Waals surface area contributed by atoms with Crippen molar-refractivity contribution in [2.24, 2.45) is 0 Å². The number of aromatic nitrogens is 1. The minimum absolute atomic E-state index is 1.10. The van der Waals surface area contributed by atoms with Crippen molar-refractivity contribution in [3.8, 4) is 27.9 Å². The van der Waals surface area contributed by atoms with Gasteiger partial charge in [0.25, 0.3) is 0 Å². The van der Waals surface area contributed by atoms with Crippen molar-refractivity contribution in [1.82, 2.24) is 4.57 Å². The first-order valence-corrected chi connectivity index (χ1v) is 17.8. The van der Waals surface area contributed by atoms with Gasteiger partial charge in [-0.3, -0.25) is 0 Å². The molecule has 9 aromatic carbocycles. The molecule has 2 heteroatoms. The largest absolute Gasteiger partial charge is 0.310 e. The van der Waals surface area contributed by atoms with Gasteiger partial charge < -0.3 is 9.47 Å². The number of rotatable bonds is 6. The number of benzene rings is 9. The Bertz CT molecular complexity index is 2890. The number of hydrogen-bond acceptors (Lipinski definition) is 1. The van der Waals surface area contributed by atoms with Crippen LogP contribution in [-0.4, -0.2) is 4.57 Å². The first-order chi connectivity index (χ1) is 25.8. The molecule has 2 nitrogen and oxygen atoms in total. The summed E-state index contributed by atoms with van der Waals surface area (Å²) < 4.78 is 2.42. The Hall–Kier alpha value is -6.90.